The van der Waals surface area contributed by atoms with Crippen molar-refractivity contribution in [2.45, 2.75) is 12.1 Å². The Morgan fingerprint density at radius 1 is 1.21 bits per heavy atom. The zero-order valence-corrected chi connectivity index (χ0v) is 17.0. The Bertz CT molecular complexity index is 1020. The molecule has 3 rings (SSSR count). The lowest BCUT2D eigenvalue weighted by molar-refractivity contribution is -0.113. The topological polar surface area (TPSA) is 76.0 Å². The van der Waals surface area contributed by atoms with Gasteiger partial charge in [-0.2, -0.15) is 0 Å². The first kappa shape index (κ1) is 20.0. The summed E-state index contributed by atoms with van der Waals surface area (Å²) in [6.45, 7) is 2.03. The Morgan fingerprint density at radius 2 is 2.00 bits per heavy atom. The average Bonchev–Trinajstić information content (AvgIpc) is 3.16. The van der Waals surface area contributed by atoms with Crippen LogP contribution < -0.4 is 10.6 Å². The van der Waals surface area contributed by atoms with E-state index in [0.717, 1.165) is 16.4 Å². The predicted molar refractivity (Wildman–Crippen MR) is 112 cm³/mol. The van der Waals surface area contributed by atoms with E-state index < -0.39 is 0 Å². The first-order valence-electron chi connectivity index (χ1n) is 8.53. The van der Waals surface area contributed by atoms with Crippen LogP contribution in [0.1, 0.15) is 15.9 Å². The van der Waals surface area contributed by atoms with Crippen LogP contribution in [0.15, 0.2) is 60.0 Å². The third-order valence-electron chi connectivity index (χ3n) is 4.04. The summed E-state index contributed by atoms with van der Waals surface area (Å²) in [6.07, 6.45) is 3.58. The standard InChI is InChI=1S/C20H19ClN4O2S/c1-13-5-3-4-6-17(13)25-10-9-23-20(25)28-12-18(26)24-14-7-8-16(21)15(11-14)19(27)22-2/h3-11H,12H2,1-2H3,(H,22,27)(H,24,26). The fraction of sp³-hybridized carbons (Fsp3) is 0.150. The molecule has 0 saturated heterocycles. The number of rotatable bonds is 6. The predicted octanol–water partition coefficient (Wildman–Crippen LogP) is 3.92. The average molecular weight is 415 g/mol. The number of halogens is 1. The molecule has 0 fully saturated rings. The van der Waals surface area contributed by atoms with Crippen molar-refractivity contribution in [2.24, 2.45) is 0 Å². The van der Waals surface area contributed by atoms with Gasteiger partial charge in [0.05, 0.1) is 22.0 Å². The summed E-state index contributed by atoms with van der Waals surface area (Å²) in [5.74, 6) is -0.328. The molecule has 1 heterocycles. The van der Waals surface area contributed by atoms with Gasteiger partial charge in [-0.15, -0.1) is 0 Å². The fourth-order valence-corrected chi connectivity index (χ4v) is 3.62. The van der Waals surface area contributed by atoms with Gasteiger partial charge in [0.15, 0.2) is 5.16 Å². The number of imidazole rings is 1. The fourth-order valence-electron chi connectivity index (χ4n) is 2.65. The van der Waals surface area contributed by atoms with E-state index in [1.165, 1.54) is 18.8 Å². The number of para-hydroxylation sites is 1. The van der Waals surface area contributed by atoms with Gasteiger partial charge in [0, 0.05) is 25.1 Å². The minimum Gasteiger partial charge on any atom is -0.355 e. The second kappa shape index (κ2) is 8.95. The molecule has 0 radical (unpaired) electrons. The first-order chi connectivity index (χ1) is 13.5. The molecule has 8 heteroatoms. The second-order valence-corrected chi connectivity index (χ2v) is 7.33. The molecule has 0 saturated carbocycles. The lowest BCUT2D eigenvalue weighted by Gasteiger charge is -2.11. The number of carbonyl (C=O) groups excluding carboxylic acids is 2. The van der Waals surface area contributed by atoms with Crippen LogP contribution in [0.5, 0.6) is 0 Å². The molecule has 28 heavy (non-hydrogen) atoms. The Hall–Kier alpha value is -2.77. The van der Waals surface area contributed by atoms with E-state index in [9.17, 15) is 9.59 Å². The minimum absolute atomic E-state index is 0.181. The number of hydrogen-bond acceptors (Lipinski definition) is 4. The van der Waals surface area contributed by atoms with Crippen LogP contribution in [0.2, 0.25) is 5.02 Å². The molecule has 0 aliphatic heterocycles. The van der Waals surface area contributed by atoms with E-state index in [0.29, 0.717) is 16.3 Å². The van der Waals surface area contributed by atoms with Crippen molar-refractivity contribution in [3.05, 3.63) is 71.0 Å². The van der Waals surface area contributed by atoms with Gasteiger partial charge in [-0.05, 0) is 36.8 Å². The Kier molecular flexibility index (Phi) is 6.38. The number of nitrogens with one attached hydrogen (secondary N) is 2. The molecule has 0 aliphatic carbocycles. The third-order valence-corrected chi connectivity index (χ3v) is 5.33. The summed E-state index contributed by atoms with van der Waals surface area (Å²) in [5, 5.41) is 6.36. The first-order valence-corrected chi connectivity index (χ1v) is 9.89. The van der Waals surface area contributed by atoms with Crippen LogP contribution >= 0.6 is 23.4 Å². The molecule has 0 bridgehead atoms. The molecule has 1 aromatic heterocycles. The quantitative estimate of drug-likeness (QED) is 0.599. The monoisotopic (exact) mass is 414 g/mol. The molecule has 0 unspecified atom stereocenters. The number of anilines is 1. The molecule has 0 spiro atoms. The molecule has 2 aromatic carbocycles. The zero-order valence-electron chi connectivity index (χ0n) is 15.4. The number of benzene rings is 2. The van der Waals surface area contributed by atoms with E-state index in [1.54, 1.807) is 24.4 Å². The van der Waals surface area contributed by atoms with Crippen LogP contribution in [0.25, 0.3) is 5.69 Å². The second-order valence-electron chi connectivity index (χ2n) is 5.98. The SMILES string of the molecule is CNC(=O)c1cc(NC(=O)CSc2nccn2-c2ccccc2C)ccc1Cl. The molecule has 3 aromatic rings. The van der Waals surface area contributed by atoms with E-state index in [2.05, 4.69) is 15.6 Å². The molecular weight excluding hydrogens is 396 g/mol. The third kappa shape index (κ3) is 4.55. The molecular formula is C20H19ClN4O2S. The van der Waals surface area contributed by atoms with Crippen LogP contribution in [-0.4, -0.2) is 34.2 Å². The van der Waals surface area contributed by atoms with Gasteiger partial charge in [-0.3, -0.25) is 14.2 Å². The maximum atomic E-state index is 12.4. The van der Waals surface area contributed by atoms with Gasteiger partial charge in [-0.25, -0.2) is 4.98 Å². The number of thioether (sulfide) groups is 1. The van der Waals surface area contributed by atoms with Gasteiger partial charge >= 0.3 is 0 Å². The number of amides is 2. The van der Waals surface area contributed by atoms with Crippen molar-refractivity contribution in [3.63, 3.8) is 0 Å². The lowest BCUT2D eigenvalue weighted by Crippen LogP contribution is -2.19. The number of aromatic nitrogens is 2. The lowest BCUT2D eigenvalue weighted by atomic mass is 10.2. The zero-order chi connectivity index (χ0) is 20.1. The van der Waals surface area contributed by atoms with Crippen LogP contribution in [0.4, 0.5) is 5.69 Å². The Balaban J connectivity index is 1.67. The molecule has 2 amide bonds. The van der Waals surface area contributed by atoms with Gasteiger partial charge in [0.1, 0.15) is 0 Å². The van der Waals surface area contributed by atoms with Crippen LogP contribution in [0.3, 0.4) is 0 Å². The summed E-state index contributed by atoms with van der Waals surface area (Å²) in [5.41, 5.74) is 2.96. The van der Waals surface area contributed by atoms with Gasteiger partial charge in [-0.1, -0.05) is 41.6 Å². The highest BCUT2D eigenvalue weighted by atomic mass is 35.5. The number of aryl methyl sites for hydroxylation is 1. The summed E-state index contributed by atoms with van der Waals surface area (Å²) >= 11 is 7.37. The van der Waals surface area contributed by atoms with E-state index in [4.69, 9.17) is 11.6 Å². The van der Waals surface area contributed by atoms with Crippen molar-refractivity contribution in [3.8, 4) is 5.69 Å². The molecule has 144 valence electrons. The highest BCUT2D eigenvalue weighted by Gasteiger charge is 2.13. The number of hydrogen-bond donors (Lipinski definition) is 2. The Labute approximate surface area is 172 Å². The normalized spacial score (nSPS) is 10.5. The smallest absolute Gasteiger partial charge is 0.252 e. The maximum Gasteiger partial charge on any atom is 0.252 e. The Morgan fingerprint density at radius 3 is 2.75 bits per heavy atom. The molecule has 0 atom stereocenters. The van der Waals surface area contributed by atoms with Crippen molar-refractivity contribution in [1.29, 1.82) is 0 Å². The maximum absolute atomic E-state index is 12.4. The van der Waals surface area contributed by atoms with E-state index in [1.807, 2.05) is 42.0 Å². The van der Waals surface area contributed by atoms with Crippen molar-refractivity contribution in [1.82, 2.24) is 14.9 Å². The van der Waals surface area contributed by atoms with Crippen LogP contribution in [0, 0.1) is 6.92 Å². The number of nitrogens with zero attached hydrogens (tertiary/aromatic N) is 2. The van der Waals surface area contributed by atoms with Crippen molar-refractivity contribution >= 4 is 40.9 Å². The number of carbonyl (C=O) groups is 2. The largest absolute Gasteiger partial charge is 0.355 e. The van der Waals surface area contributed by atoms with Gasteiger partial charge < -0.3 is 10.6 Å². The van der Waals surface area contributed by atoms with E-state index in [-0.39, 0.29) is 17.6 Å². The summed E-state index contributed by atoms with van der Waals surface area (Å²) in [4.78, 5) is 28.5. The van der Waals surface area contributed by atoms with E-state index >= 15 is 0 Å². The van der Waals surface area contributed by atoms with Gasteiger partial charge in [0.25, 0.3) is 5.91 Å². The van der Waals surface area contributed by atoms with Gasteiger partial charge in [0.2, 0.25) is 5.91 Å². The van der Waals surface area contributed by atoms with Crippen LogP contribution in [-0.2, 0) is 4.79 Å². The summed E-state index contributed by atoms with van der Waals surface area (Å²) in [7, 11) is 1.52. The van der Waals surface area contributed by atoms with Crippen molar-refractivity contribution in [2.75, 3.05) is 18.1 Å². The summed E-state index contributed by atoms with van der Waals surface area (Å²) < 4.78 is 1.96. The minimum atomic E-state index is -0.310. The van der Waals surface area contributed by atoms with Crippen molar-refractivity contribution < 1.29 is 9.59 Å². The summed E-state index contributed by atoms with van der Waals surface area (Å²) in [6, 6.07) is 12.8. The highest BCUT2D eigenvalue weighted by molar-refractivity contribution is 7.99. The molecule has 0 aliphatic rings. The highest BCUT2D eigenvalue weighted by Crippen LogP contribution is 2.24. The molecule has 2 N–H and O–H groups in total. The molecule has 6 nitrogen and oxygen atoms in total.